The van der Waals surface area contributed by atoms with Crippen molar-refractivity contribution in [2.75, 3.05) is 6.61 Å². The minimum absolute atomic E-state index is 0.105. The molecular weight excluding hydrogens is 600 g/mol. The Labute approximate surface area is 275 Å². The molecule has 5 rings (SSSR count). The molecule has 4 aromatic carbocycles. The number of carboxylic acids is 1. The van der Waals surface area contributed by atoms with Crippen LogP contribution in [0.3, 0.4) is 0 Å². The van der Waals surface area contributed by atoms with Crippen molar-refractivity contribution >= 4 is 11.9 Å². The Balaban J connectivity index is 1.44. The molecule has 1 fully saturated rings. The summed E-state index contributed by atoms with van der Waals surface area (Å²) in [5.74, 6) is -1.82. The first-order valence-electron chi connectivity index (χ1n) is 15.7. The fourth-order valence-electron chi connectivity index (χ4n) is 5.24. The van der Waals surface area contributed by atoms with Crippen molar-refractivity contribution in [1.82, 2.24) is 0 Å². The van der Waals surface area contributed by atoms with E-state index in [2.05, 4.69) is 0 Å². The van der Waals surface area contributed by atoms with Gasteiger partial charge in [0, 0.05) is 0 Å². The monoisotopic (exact) mass is 640 g/mol. The minimum atomic E-state index is -1.22. The number of benzene rings is 4. The summed E-state index contributed by atoms with van der Waals surface area (Å²) in [5.41, 5.74) is 3.79. The molecule has 0 bridgehead atoms. The van der Waals surface area contributed by atoms with Crippen LogP contribution in [0.5, 0.6) is 0 Å². The lowest BCUT2D eigenvalue weighted by atomic mass is 9.97. The van der Waals surface area contributed by atoms with Crippen molar-refractivity contribution in [3.05, 3.63) is 144 Å². The fraction of sp³-hybridized carbons (Fsp3) is 0.316. The third-order valence-corrected chi connectivity index (χ3v) is 7.63. The van der Waals surface area contributed by atoms with Gasteiger partial charge in [-0.1, -0.05) is 121 Å². The first kappa shape index (κ1) is 34.0. The molecule has 1 aliphatic rings. The van der Waals surface area contributed by atoms with Crippen molar-refractivity contribution in [3.63, 3.8) is 0 Å². The van der Waals surface area contributed by atoms with E-state index in [9.17, 15) is 9.59 Å². The van der Waals surface area contributed by atoms with Crippen molar-refractivity contribution in [1.29, 1.82) is 0 Å². The third-order valence-electron chi connectivity index (χ3n) is 7.63. The Hall–Kier alpha value is -4.38. The molecule has 9 nitrogen and oxygen atoms in total. The summed E-state index contributed by atoms with van der Waals surface area (Å²) in [5, 5.41) is 9.15. The van der Waals surface area contributed by atoms with E-state index in [1.165, 1.54) is 0 Å². The zero-order valence-corrected chi connectivity index (χ0v) is 26.1. The van der Waals surface area contributed by atoms with Gasteiger partial charge in [0.15, 0.2) is 0 Å². The van der Waals surface area contributed by atoms with Gasteiger partial charge in [-0.3, -0.25) is 9.59 Å². The van der Waals surface area contributed by atoms with Gasteiger partial charge in [0.2, 0.25) is 6.29 Å². The Morgan fingerprint density at radius 2 is 0.979 bits per heavy atom. The second-order valence-corrected chi connectivity index (χ2v) is 11.2. The first-order valence-corrected chi connectivity index (χ1v) is 15.7. The number of carbonyl (C=O) groups excluding carboxylic acids is 1. The van der Waals surface area contributed by atoms with Crippen LogP contribution in [-0.2, 0) is 64.4 Å². The van der Waals surface area contributed by atoms with Crippen LogP contribution in [0, 0.1) is 0 Å². The highest BCUT2D eigenvalue weighted by Gasteiger charge is 2.50. The lowest BCUT2D eigenvalue weighted by Crippen LogP contribution is -2.62. The smallest absolute Gasteiger partial charge is 0.308 e. The van der Waals surface area contributed by atoms with Crippen molar-refractivity contribution < 1.29 is 43.1 Å². The predicted octanol–water partition coefficient (Wildman–Crippen LogP) is 6.09. The number of hydrogen-bond acceptors (Lipinski definition) is 8. The van der Waals surface area contributed by atoms with E-state index in [4.69, 9.17) is 33.5 Å². The Morgan fingerprint density at radius 3 is 1.45 bits per heavy atom. The van der Waals surface area contributed by atoms with Gasteiger partial charge in [-0.05, 0) is 22.3 Å². The number of hydrogen-bond donors (Lipinski definition) is 1. The Bertz CT molecular complexity index is 1490. The van der Waals surface area contributed by atoms with Gasteiger partial charge in [0.1, 0.15) is 24.4 Å². The van der Waals surface area contributed by atoms with Crippen LogP contribution in [0.2, 0.25) is 0 Å². The standard InChI is InChI=1S/C38H40O9/c39-33(40)21-22-34(41)47-38-37(45-26-31-19-11-4-12-20-31)36(44-25-30-17-9-3-10-18-30)35(43-24-29-15-7-2-8-16-29)32(46-38)27-42-23-28-13-5-1-6-14-28/h1-20,32,35-38H,21-27H2,(H,39,40)/t32-,35-,36+,37-,38?/m1/s1. The maximum absolute atomic E-state index is 12.9. The molecule has 1 unspecified atom stereocenters. The third kappa shape index (κ3) is 10.8. The number of aliphatic carboxylic acids is 1. The van der Waals surface area contributed by atoms with Crippen molar-refractivity contribution in [2.24, 2.45) is 0 Å². The number of carboxylic acid groups (broad SMARTS) is 1. The van der Waals surface area contributed by atoms with E-state index >= 15 is 0 Å². The van der Waals surface area contributed by atoms with Gasteiger partial charge in [0.25, 0.3) is 0 Å². The number of rotatable bonds is 17. The second kappa shape index (κ2) is 18.1. The van der Waals surface area contributed by atoms with Crippen LogP contribution in [0.25, 0.3) is 0 Å². The summed E-state index contributed by atoms with van der Waals surface area (Å²) < 4.78 is 38.0. The molecule has 0 aromatic heterocycles. The summed E-state index contributed by atoms with van der Waals surface area (Å²) in [4.78, 5) is 24.1. The Kier molecular flexibility index (Phi) is 13.1. The SMILES string of the molecule is O=C(O)CCC(=O)OC1O[C@H](COCc2ccccc2)[C@@H](OCc2ccccc2)[C@H](OCc2ccccc2)[C@H]1OCc1ccccc1. The summed E-state index contributed by atoms with van der Waals surface area (Å²) in [6, 6.07) is 38.9. The van der Waals surface area contributed by atoms with Crippen molar-refractivity contribution in [2.45, 2.75) is 70.0 Å². The molecule has 0 aliphatic carbocycles. The molecule has 1 N–H and O–H groups in total. The summed E-state index contributed by atoms with van der Waals surface area (Å²) in [6.45, 7) is 1.12. The molecule has 1 heterocycles. The van der Waals surface area contributed by atoms with E-state index in [-0.39, 0.29) is 39.3 Å². The molecule has 1 aliphatic heterocycles. The van der Waals surface area contributed by atoms with E-state index in [1.54, 1.807) is 0 Å². The topological polar surface area (TPSA) is 110 Å². The van der Waals surface area contributed by atoms with Crippen LogP contribution < -0.4 is 0 Å². The van der Waals surface area contributed by atoms with Crippen LogP contribution in [0.15, 0.2) is 121 Å². The first-order chi connectivity index (χ1) is 23.0. The molecule has 1 saturated heterocycles. The average molecular weight is 641 g/mol. The maximum atomic E-state index is 12.9. The molecule has 0 spiro atoms. The van der Waals surface area contributed by atoms with Crippen molar-refractivity contribution in [3.8, 4) is 0 Å². The zero-order valence-electron chi connectivity index (χ0n) is 26.1. The number of carbonyl (C=O) groups is 2. The van der Waals surface area contributed by atoms with Gasteiger partial charge in [-0.2, -0.15) is 0 Å². The van der Waals surface area contributed by atoms with Crippen LogP contribution in [0.4, 0.5) is 0 Å². The molecule has 0 amide bonds. The molecule has 47 heavy (non-hydrogen) atoms. The van der Waals surface area contributed by atoms with Crippen LogP contribution >= 0.6 is 0 Å². The summed E-state index contributed by atoms with van der Waals surface area (Å²) >= 11 is 0. The Morgan fingerprint density at radius 1 is 0.553 bits per heavy atom. The highest BCUT2D eigenvalue weighted by Crippen LogP contribution is 2.32. The normalized spacial score (nSPS) is 20.8. The van der Waals surface area contributed by atoms with Gasteiger partial charge >= 0.3 is 11.9 Å². The van der Waals surface area contributed by atoms with Crippen LogP contribution in [-0.4, -0.2) is 54.4 Å². The lowest BCUT2D eigenvalue weighted by Gasteiger charge is -2.45. The molecular formula is C38H40O9. The van der Waals surface area contributed by atoms with Crippen LogP contribution in [0.1, 0.15) is 35.1 Å². The van der Waals surface area contributed by atoms with E-state index in [1.807, 2.05) is 121 Å². The molecule has 246 valence electrons. The van der Waals surface area contributed by atoms with Gasteiger partial charge in [0.05, 0.1) is 45.9 Å². The average Bonchev–Trinajstić information content (AvgIpc) is 3.10. The minimum Gasteiger partial charge on any atom is -0.481 e. The van der Waals surface area contributed by atoms with E-state index in [0.29, 0.717) is 6.61 Å². The fourth-order valence-corrected chi connectivity index (χ4v) is 5.24. The van der Waals surface area contributed by atoms with Gasteiger partial charge < -0.3 is 33.5 Å². The molecule has 0 radical (unpaired) electrons. The molecule has 0 saturated carbocycles. The molecule has 9 heteroatoms. The number of ether oxygens (including phenoxy) is 6. The molecule has 5 atom stereocenters. The highest BCUT2D eigenvalue weighted by atomic mass is 16.7. The summed E-state index contributed by atoms with van der Waals surface area (Å²) in [7, 11) is 0. The predicted molar refractivity (Wildman–Crippen MR) is 173 cm³/mol. The molecule has 4 aromatic rings. The van der Waals surface area contributed by atoms with E-state index in [0.717, 1.165) is 22.3 Å². The maximum Gasteiger partial charge on any atom is 0.308 e. The second-order valence-electron chi connectivity index (χ2n) is 11.2. The summed E-state index contributed by atoms with van der Waals surface area (Å²) in [6.07, 6.45) is -5.01. The van der Waals surface area contributed by atoms with E-state index < -0.39 is 42.6 Å². The lowest BCUT2D eigenvalue weighted by molar-refractivity contribution is -0.320. The van der Waals surface area contributed by atoms with Gasteiger partial charge in [-0.25, -0.2) is 0 Å². The van der Waals surface area contributed by atoms with Gasteiger partial charge in [-0.15, -0.1) is 0 Å². The quantitative estimate of drug-likeness (QED) is 0.137. The highest BCUT2D eigenvalue weighted by molar-refractivity contribution is 5.76. The zero-order chi connectivity index (χ0) is 32.7. The number of esters is 1. The largest absolute Gasteiger partial charge is 0.481 e.